The number of carbonyl (C=O) groups excluding carboxylic acids is 4. The van der Waals surface area contributed by atoms with E-state index < -0.39 is 8.07 Å². The topological polar surface area (TPSA) is 74.8 Å². The maximum atomic E-state index is 14.9. The first kappa shape index (κ1) is 53.3. The van der Waals surface area contributed by atoms with Gasteiger partial charge in [0.15, 0.2) is 0 Å². The fraction of sp³-hybridized carbons (Fsp3) is 0.586. The van der Waals surface area contributed by atoms with Crippen LogP contribution < -0.4 is 10.4 Å². The molecule has 2 unspecified atom stereocenters. The molecule has 5 aromatic rings. The first-order chi connectivity index (χ1) is 34.0. The van der Waals surface area contributed by atoms with Gasteiger partial charge in [-0.2, -0.15) is 0 Å². The van der Waals surface area contributed by atoms with E-state index >= 15 is 0 Å². The first-order valence-corrected chi connectivity index (χ1v) is 33.8. The normalized spacial score (nSPS) is 17.1. The lowest BCUT2D eigenvalue weighted by Gasteiger charge is -2.35. The van der Waals surface area contributed by atoms with Gasteiger partial charge in [-0.3, -0.25) is 29.0 Å². The highest BCUT2D eigenvalue weighted by Crippen LogP contribution is 2.54. The van der Waals surface area contributed by atoms with Crippen LogP contribution >= 0.6 is 56.7 Å². The van der Waals surface area contributed by atoms with Crippen molar-refractivity contribution < 1.29 is 19.2 Å². The Bertz CT molecular complexity index is 2640. The predicted octanol–water partition coefficient (Wildman–Crippen LogP) is 17.5. The van der Waals surface area contributed by atoms with Gasteiger partial charge in [-0.1, -0.05) is 157 Å². The number of unbranched alkanes of at least 4 members (excludes halogenated alkanes) is 12. The van der Waals surface area contributed by atoms with Gasteiger partial charge in [0.2, 0.25) is 0 Å². The average Bonchev–Trinajstić information content (AvgIpc) is 4.24. The number of hydrogen-bond donors (Lipinski definition) is 0. The number of rotatable bonds is 29. The van der Waals surface area contributed by atoms with Crippen molar-refractivity contribution in [3.63, 3.8) is 0 Å². The molecule has 3 aliphatic heterocycles. The molecule has 8 heterocycles. The number of carbonyl (C=O) groups is 4. The fourth-order valence-corrected chi connectivity index (χ4v) is 25.9. The highest BCUT2D eigenvalue weighted by atomic mass is 32.1. The molecule has 12 heteroatoms. The molecule has 0 saturated carbocycles. The van der Waals surface area contributed by atoms with E-state index in [1.807, 2.05) is 29.6 Å². The third kappa shape index (κ3) is 10.4. The van der Waals surface area contributed by atoms with Gasteiger partial charge < -0.3 is 0 Å². The van der Waals surface area contributed by atoms with Crippen molar-refractivity contribution in [1.29, 1.82) is 0 Å². The van der Waals surface area contributed by atoms with E-state index in [2.05, 4.69) is 72.7 Å². The van der Waals surface area contributed by atoms with Crippen LogP contribution in [0.2, 0.25) is 12.1 Å². The third-order valence-corrected chi connectivity index (χ3v) is 27.8. The number of aryl methyl sites for hydroxylation is 2. The number of amides is 4. The molecule has 3 aliphatic rings. The van der Waals surface area contributed by atoms with Crippen LogP contribution in [0.3, 0.4) is 0 Å². The van der Waals surface area contributed by atoms with Gasteiger partial charge in [0.25, 0.3) is 23.6 Å². The lowest BCUT2D eigenvalue weighted by Crippen LogP contribution is -2.56. The molecule has 0 aromatic carbocycles. The van der Waals surface area contributed by atoms with Crippen molar-refractivity contribution >= 4 is 98.8 Å². The second-order valence-electron chi connectivity index (χ2n) is 20.7. The standard InChI is InChI=1S/C58H78N2O4S5Si/c1-9-15-19-21-23-25-31-59-55(61)46-38(8)66-50(47(46)56(59)62)41-29-30-42(67-41)51-48-49(58(64)60(57(48)63)32-26-24-22-20-16-10-2)52(69-51)43-34-45-54(68-43)53-44(33-37(7)65-53)70(45,35-39(13-5)27-17-11-3)36-40(14-6)28-18-12-4/h29-30,33-34,39-40H,9-28,31-32,35-36H2,1-8H3. The summed E-state index contributed by atoms with van der Waals surface area (Å²) in [4.78, 5) is 71.5. The van der Waals surface area contributed by atoms with Crippen molar-refractivity contribution in [3.05, 3.63) is 56.3 Å². The Hall–Kier alpha value is -3.00. The van der Waals surface area contributed by atoms with Crippen molar-refractivity contribution in [2.24, 2.45) is 11.8 Å². The van der Waals surface area contributed by atoms with Crippen molar-refractivity contribution in [2.75, 3.05) is 13.1 Å². The molecule has 0 spiro atoms. The van der Waals surface area contributed by atoms with Crippen LogP contribution in [0.25, 0.3) is 39.0 Å². The molecule has 5 aromatic heterocycles. The van der Waals surface area contributed by atoms with E-state index in [1.165, 1.54) is 133 Å². The third-order valence-electron chi connectivity index (χ3n) is 15.8. The summed E-state index contributed by atoms with van der Waals surface area (Å²) in [5.41, 5.74) is 2.22. The van der Waals surface area contributed by atoms with Gasteiger partial charge in [0.05, 0.1) is 36.9 Å². The molecule has 6 nitrogen and oxygen atoms in total. The van der Waals surface area contributed by atoms with E-state index in [9.17, 15) is 19.2 Å². The zero-order valence-corrected chi connectivity index (χ0v) is 48.6. The average molecular weight is 1060 g/mol. The van der Waals surface area contributed by atoms with Crippen LogP contribution in [0.15, 0.2) is 24.3 Å². The Morgan fingerprint density at radius 2 is 0.871 bits per heavy atom. The number of imide groups is 2. The lowest BCUT2D eigenvalue weighted by atomic mass is 10.0. The van der Waals surface area contributed by atoms with Gasteiger partial charge in [0.1, 0.15) is 8.07 Å². The maximum absolute atomic E-state index is 14.9. The molecule has 0 saturated heterocycles. The SMILES string of the molecule is CCCCCCCCN1C(=O)c2c(C)sc(-c3ccc(-c4sc(-c5cc6c(s5)-c5sc(C)cc5[Si]6(CC(CC)CCCC)CC(CC)CCCC)c5c4C(=O)N(CCCCCCCC)C5=O)s3)c2C1=O. The Labute approximate surface area is 440 Å². The predicted molar refractivity (Wildman–Crippen MR) is 306 cm³/mol. The van der Waals surface area contributed by atoms with Gasteiger partial charge in [-0.25, -0.2) is 0 Å². The maximum Gasteiger partial charge on any atom is 0.263 e. The number of fused-ring (bicyclic) bond motifs is 5. The molecule has 0 bridgehead atoms. The Kier molecular flexibility index (Phi) is 18.2. The lowest BCUT2D eigenvalue weighted by molar-refractivity contribution is 0.0636. The van der Waals surface area contributed by atoms with Gasteiger partial charge in [-0.15, -0.1) is 56.7 Å². The number of hydrogen-bond acceptors (Lipinski definition) is 9. The molecule has 0 radical (unpaired) electrons. The summed E-state index contributed by atoms with van der Waals surface area (Å²) in [5, 5.41) is 3.27. The highest BCUT2D eigenvalue weighted by molar-refractivity contribution is 7.33. The Morgan fingerprint density at radius 1 is 0.443 bits per heavy atom. The largest absolute Gasteiger partial charge is 0.274 e. The molecule has 0 fully saturated rings. The van der Waals surface area contributed by atoms with Crippen molar-refractivity contribution in [1.82, 2.24) is 9.80 Å². The van der Waals surface area contributed by atoms with Crippen LogP contribution in [0, 0.1) is 25.7 Å². The van der Waals surface area contributed by atoms with Crippen molar-refractivity contribution in [3.8, 4) is 39.0 Å². The summed E-state index contributed by atoms with van der Waals surface area (Å²) in [7, 11) is -2.25. The number of thiophene rings is 5. The molecular formula is C58H78N2O4S5Si. The summed E-state index contributed by atoms with van der Waals surface area (Å²) in [6.07, 6.45) is 23.0. The van der Waals surface area contributed by atoms with Gasteiger partial charge in [0, 0.05) is 47.2 Å². The molecule has 4 amide bonds. The molecule has 0 aliphatic carbocycles. The fourth-order valence-electron chi connectivity index (χ4n) is 11.8. The quantitative estimate of drug-likeness (QED) is 0.0272. The summed E-state index contributed by atoms with van der Waals surface area (Å²) < 4.78 is 0. The summed E-state index contributed by atoms with van der Waals surface area (Å²) >= 11 is 8.57. The highest BCUT2D eigenvalue weighted by Gasteiger charge is 2.51. The Balaban J connectivity index is 1.20. The molecule has 8 rings (SSSR count). The van der Waals surface area contributed by atoms with Crippen LogP contribution in [-0.4, -0.2) is 54.6 Å². The smallest absolute Gasteiger partial charge is 0.263 e. The summed E-state index contributed by atoms with van der Waals surface area (Å²) in [6, 6.07) is 11.8. The van der Waals surface area contributed by atoms with E-state index in [1.54, 1.807) is 37.9 Å². The molecule has 70 heavy (non-hydrogen) atoms. The molecule has 2 atom stereocenters. The van der Waals surface area contributed by atoms with E-state index in [0.29, 0.717) is 47.2 Å². The molecule has 0 N–H and O–H groups in total. The first-order valence-electron chi connectivity index (χ1n) is 27.3. The minimum Gasteiger partial charge on any atom is -0.274 e. The van der Waals surface area contributed by atoms with Crippen LogP contribution in [0.5, 0.6) is 0 Å². The van der Waals surface area contributed by atoms with Gasteiger partial charge >= 0.3 is 0 Å². The number of nitrogens with zero attached hydrogens (tertiary/aromatic N) is 2. The monoisotopic (exact) mass is 1050 g/mol. The minimum atomic E-state index is -2.25. The van der Waals surface area contributed by atoms with Crippen LogP contribution in [0.4, 0.5) is 0 Å². The zero-order chi connectivity index (χ0) is 49.7. The Morgan fingerprint density at radius 3 is 1.39 bits per heavy atom. The van der Waals surface area contributed by atoms with Gasteiger partial charge in [-0.05, 0) is 85.3 Å². The van der Waals surface area contributed by atoms with Crippen molar-refractivity contribution in [2.45, 2.75) is 196 Å². The molecule has 378 valence electrons. The summed E-state index contributed by atoms with van der Waals surface area (Å²) in [6.45, 7) is 19.0. The van der Waals surface area contributed by atoms with E-state index in [-0.39, 0.29) is 23.6 Å². The second kappa shape index (κ2) is 23.9. The van der Waals surface area contributed by atoms with Crippen LogP contribution in [0.1, 0.15) is 221 Å². The second-order valence-corrected chi connectivity index (χ2v) is 30.4. The minimum absolute atomic E-state index is 0.148. The van der Waals surface area contributed by atoms with E-state index in [0.717, 1.165) is 72.7 Å². The zero-order valence-electron chi connectivity index (χ0n) is 43.5. The molecular weight excluding hydrogens is 977 g/mol. The summed E-state index contributed by atoms with van der Waals surface area (Å²) in [5.74, 6) is 0.690. The van der Waals surface area contributed by atoms with Crippen LogP contribution in [-0.2, 0) is 0 Å². The van der Waals surface area contributed by atoms with E-state index in [4.69, 9.17) is 0 Å².